The van der Waals surface area contributed by atoms with Crippen molar-refractivity contribution in [3.63, 3.8) is 0 Å². The van der Waals surface area contributed by atoms with Gasteiger partial charge < -0.3 is 24.7 Å². The van der Waals surface area contributed by atoms with Crippen LogP contribution >= 0.6 is 0 Å². The Morgan fingerprint density at radius 1 is 1.31 bits per heavy atom. The first-order chi connectivity index (χ1) is 15.7. The van der Waals surface area contributed by atoms with Crippen molar-refractivity contribution in [2.24, 2.45) is 0 Å². The second kappa shape index (κ2) is 8.21. The summed E-state index contributed by atoms with van der Waals surface area (Å²) in [5, 5.41) is 11.1. The molecule has 0 aromatic carbocycles. The van der Waals surface area contributed by atoms with E-state index in [2.05, 4.69) is 31.5 Å². The van der Waals surface area contributed by atoms with Crippen LogP contribution in [0.2, 0.25) is 0 Å². The van der Waals surface area contributed by atoms with Crippen molar-refractivity contribution in [3.8, 4) is 11.3 Å². The molecule has 4 aromatic rings. The molecule has 10 nitrogen and oxygen atoms in total. The van der Waals surface area contributed by atoms with Gasteiger partial charge in [-0.3, -0.25) is 4.79 Å². The van der Waals surface area contributed by atoms with Crippen LogP contribution in [0.3, 0.4) is 0 Å². The van der Waals surface area contributed by atoms with E-state index >= 15 is 0 Å². The lowest BCUT2D eigenvalue weighted by molar-refractivity contribution is -0.0592. The van der Waals surface area contributed by atoms with E-state index < -0.39 is 0 Å². The SMILES string of the molecule is CNC(=O)c1cnn2c(NC)cc(-c3cn([C@H]4CCOC[C@H]4OC)c4ncccc34)nc12. The number of amides is 1. The Balaban J connectivity index is 1.72. The first-order valence-electron chi connectivity index (χ1n) is 10.5. The molecule has 0 spiro atoms. The first-order valence-corrected chi connectivity index (χ1v) is 10.5. The van der Waals surface area contributed by atoms with Crippen molar-refractivity contribution < 1.29 is 14.3 Å². The quantitative estimate of drug-likeness (QED) is 0.494. The number of hydrogen-bond donors (Lipinski definition) is 2. The number of methoxy groups -OCH3 is 1. The molecule has 0 radical (unpaired) electrons. The van der Waals surface area contributed by atoms with Crippen molar-refractivity contribution in [3.05, 3.63) is 42.4 Å². The van der Waals surface area contributed by atoms with Crippen LogP contribution in [-0.2, 0) is 9.47 Å². The molecule has 1 fully saturated rings. The molecule has 10 heteroatoms. The van der Waals surface area contributed by atoms with Gasteiger partial charge in [-0.25, -0.2) is 9.97 Å². The fourth-order valence-electron chi connectivity index (χ4n) is 4.36. The number of rotatable bonds is 5. The Labute approximate surface area is 184 Å². The zero-order chi connectivity index (χ0) is 22.2. The summed E-state index contributed by atoms with van der Waals surface area (Å²) in [4.78, 5) is 21.9. The van der Waals surface area contributed by atoms with Crippen LogP contribution in [0.5, 0.6) is 0 Å². The normalized spacial score (nSPS) is 18.8. The fraction of sp³-hybridized carbons (Fsp3) is 0.364. The van der Waals surface area contributed by atoms with Crippen molar-refractivity contribution in [2.75, 3.05) is 39.7 Å². The lowest BCUT2D eigenvalue weighted by Crippen LogP contribution is -2.35. The summed E-state index contributed by atoms with van der Waals surface area (Å²) >= 11 is 0. The average Bonchev–Trinajstić information content (AvgIpc) is 3.45. The van der Waals surface area contributed by atoms with Gasteiger partial charge in [-0.2, -0.15) is 9.61 Å². The van der Waals surface area contributed by atoms with Gasteiger partial charge in [-0.15, -0.1) is 0 Å². The molecule has 0 unspecified atom stereocenters. The maximum atomic E-state index is 12.4. The molecule has 0 saturated carbocycles. The van der Waals surface area contributed by atoms with E-state index in [4.69, 9.17) is 14.5 Å². The van der Waals surface area contributed by atoms with Crippen molar-refractivity contribution in [2.45, 2.75) is 18.6 Å². The van der Waals surface area contributed by atoms with Crippen LogP contribution in [-0.4, -0.2) is 70.6 Å². The summed E-state index contributed by atoms with van der Waals surface area (Å²) in [7, 11) is 5.12. The zero-order valence-corrected chi connectivity index (χ0v) is 18.2. The van der Waals surface area contributed by atoms with E-state index in [9.17, 15) is 4.79 Å². The predicted molar refractivity (Wildman–Crippen MR) is 120 cm³/mol. The van der Waals surface area contributed by atoms with Gasteiger partial charge in [0.15, 0.2) is 5.65 Å². The van der Waals surface area contributed by atoms with Crippen LogP contribution in [0.1, 0.15) is 22.8 Å². The van der Waals surface area contributed by atoms with E-state index in [0.717, 1.165) is 34.5 Å². The number of anilines is 1. The molecule has 0 aliphatic carbocycles. The number of hydrogen-bond acceptors (Lipinski definition) is 7. The first kappa shape index (κ1) is 20.4. The molecular weight excluding hydrogens is 410 g/mol. The molecule has 1 aliphatic rings. The average molecular weight is 435 g/mol. The monoisotopic (exact) mass is 435 g/mol. The number of nitrogens with zero attached hydrogens (tertiary/aromatic N) is 5. The van der Waals surface area contributed by atoms with Gasteiger partial charge in [0.05, 0.1) is 24.5 Å². The molecule has 0 bridgehead atoms. The standard InChI is InChI=1S/C22H25N7O3/c1-23-19-9-16(27-21-14(22(30)24-2)10-26-29(19)21)15-11-28(20-13(15)5-4-7-25-20)17-6-8-32-12-18(17)31-3/h4-5,7,9-11,17-18,23H,6,8,12H2,1-3H3,(H,24,30)/t17-,18+/m0/s1. The Bertz CT molecular complexity index is 1300. The van der Waals surface area contributed by atoms with E-state index in [1.807, 2.05) is 25.2 Å². The van der Waals surface area contributed by atoms with Crippen LogP contribution in [0, 0.1) is 0 Å². The Morgan fingerprint density at radius 2 is 2.19 bits per heavy atom. The molecule has 4 aromatic heterocycles. The summed E-state index contributed by atoms with van der Waals surface area (Å²) in [5.74, 6) is 0.492. The van der Waals surface area contributed by atoms with Crippen LogP contribution < -0.4 is 10.6 Å². The Morgan fingerprint density at radius 3 is 2.97 bits per heavy atom. The second-order valence-electron chi connectivity index (χ2n) is 7.68. The third-order valence-electron chi connectivity index (χ3n) is 5.99. The van der Waals surface area contributed by atoms with Gasteiger partial charge in [0, 0.05) is 57.2 Å². The lowest BCUT2D eigenvalue weighted by atomic mass is 10.1. The summed E-state index contributed by atoms with van der Waals surface area (Å²) < 4.78 is 15.1. The molecule has 32 heavy (non-hydrogen) atoms. The molecule has 166 valence electrons. The van der Waals surface area contributed by atoms with Gasteiger partial charge in [-0.1, -0.05) is 0 Å². The second-order valence-corrected chi connectivity index (χ2v) is 7.68. The highest BCUT2D eigenvalue weighted by atomic mass is 16.5. The molecule has 2 atom stereocenters. The van der Waals surface area contributed by atoms with Crippen molar-refractivity contribution >= 4 is 28.4 Å². The molecule has 1 aliphatic heterocycles. The number of fused-ring (bicyclic) bond motifs is 2. The number of aromatic nitrogens is 5. The minimum atomic E-state index is -0.235. The highest BCUT2D eigenvalue weighted by Gasteiger charge is 2.29. The van der Waals surface area contributed by atoms with Crippen molar-refractivity contribution in [1.29, 1.82) is 0 Å². The highest BCUT2D eigenvalue weighted by Crippen LogP contribution is 2.35. The van der Waals surface area contributed by atoms with Crippen LogP contribution in [0.15, 0.2) is 36.8 Å². The fourth-order valence-corrected chi connectivity index (χ4v) is 4.36. The number of pyridine rings is 1. The van der Waals surface area contributed by atoms with Crippen LogP contribution in [0.25, 0.3) is 27.9 Å². The van der Waals surface area contributed by atoms with E-state index in [1.54, 1.807) is 24.9 Å². The lowest BCUT2D eigenvalue weighted by Gasteiger charge is -2.31. The van der Waals surface area contributed by atoms with Gasteiger partial charge in [0.1, 0.15) is 23.1 Å². The van der Waals surface area contributed by atoms with E-state index in [0.29, 0.717) is 24.4 Å². The Kier molecular flexibility index (Phi) is 5.24. The molecule has 1 amide bonds. The van der Waals surface area contributed by atoms with Crippen molar-refractivity contribution in [1.82, 2.24) is 29.5 Å². The summed E-state index contributed by atoms with van der Waals surface area (Å²) in [6.07, 6.45) is 6.17. The number of nitrogens with one attached hydrogen (secondary N) is 2. The summed E-state index contributed by atoms with van der Waals surface area (Å²) in [6, 6.07) is 5.98. The number of carbonyl (C=O) groups is 1. The van der Waals surface area contributed by atoms with E-state index in [1.165, 1.54) is 6.20 Å². The smallest absolute Gasteiger partial charge is 0.256 e. The molecule has 5 rings (SSSR count). The number of ether oxygens (including phenoxy) is 2. The third-order valence-corrected chi connectivity index (χ3v) is 5.99. The summed E-state index contributed by atoms with van der Waals surface area (Å²) in [6.45, 7) is 1.22. The van der Waals surface area contributed by atoms with E-state index in [-0.39, 0.29) is 18.1 Å². The van der Waals surface area contributed by atoms with Gasteiger partial charge >= 0.3 is 0 Å². The third kappa shape index (κ3) is 3.19. The molecular formula is C22H25N7O3. The maximum Gasteiger partial charge on any atom is 0.256 e. The summed E-state index contributed by atoms with van der Waals surface area (Å²) in [5.41, 5.74) is 3.42. The predicted octanol–water partition coefficient (Wildman–Crippen LogP) is 2.12. The minimum Gasteiger partial charge on any atom is -0.379 e. The largest absolute Gasteiger partial charge is 0.379 e. The highest BCUT2D eigenvalue weighted by molar-refractivity contribution is 6.00. The molecule has 1 saturated heterocycles. The Hall–Kier alpha value is -3.50. The number of carbonyl (C=O) groups excluding carboxylic acids is 1. The minimum absolute atomic E-state index is 0.0628. The zero-order valence-electron chi connectivity index (χ0n) is 18.2. The molecule has 2 N–H and O–H groups in total. The van der Waals surface area contributed by atoms with Gasteiger partial charge in [0.25, 0.3) is 5.91 Å². The van der Waals surface area contributed by atoms with Gasteiger partial charge in [0.2, 0.25) is 0 Å². The molecule has 5 heterocycles. The topological polar surface area (TPSA) is 108 Å². The van der Waals surface area contributed by atoms with Gasteiger partial charge in [-0.05, 0) is 18.6 Å². The maximum absolute atomic E-state index is 12.4. The van der Waals surface area contributed by atoms with Crippen LogP contribution in [0.4, 0.5) is 5.82 Å².